The lowest BCUT2D eigenvalue weighted by molar-refractivity contribution is -0.148. The van der Waals surface area contributed by atoms with Gasteiger partial charge in [-0.15, -0.1) is 0 Å². The predicted molar refractivity (Wildman–Crippen MR) is 85.1 cm³/mol. The van der Waals surface area contributed by atoms with Crippen LogP contribution in [0.15, 0.2) is 30.3 Å². The third kappa shape index (κ3) is 2.98. The van der Waals surface area contributed by atoms with Crippen molar-refractivity contribution in [3.63, 3.8) is 0 Å². The molecule has 0 aromatic heterocycles. The van der Waals surface area contributed by atoms with Gasteiger partial charge in [0.2, 0.25) is 5.91 Å². The Morgan fingerprint density at radius 3 is 2.48 bits per heavy atom. The van der Waals surface area contributed by atoms with Crippen LogP contribution < -0.4 is 0 Å². The first-order valence-electron chi connectivity index (χ1n) is 8.28. The number of carboxylic acids is 1. The third-order valence-electron chi connectivity index (χ3n) is 5.09. The second-order valence-electron chi connectivity index (χ2n) is 6.41. The van der Waals surface area contributed by atoms with Crippen LogP contribution >= 0.6 is 0 Å². The minimum Gasteiger partial charge on any atom is -0.481 e. The van der Waals surface area contributed by atoms with Crippen LogP contribution in [0.2, 0.25) is 0 Å². The van der Waals surface area contributed by atoms with Crippen molar-refractivity contribution in [2.45, 2.75) is 37.7 Å². The molecule has 1 aliphatic heterocycles. The van der Waals surface area contributed by atoms with Crippen molar-refractivity contribution in [3.05, 3.63) is 35.9 Å². The lowest BCUT2D eigenvalue weighted by Gasteiger charge is -2.39. The van der Waals surface area contributed by atoms with Gasteiger partial charge < -0.3 is 14.7 Å². The van der Waals surface area contributed by atoms with E-state index in [2.05, 4.69) is 0 Å². The van der Waals surface area contributed by atoms with Gasteiger partial charge in [0.1, 0.15) is 0 Å². The zero-order valence-electron chi connectivity index (χ0n) is 13.4. The largest absolute Gasteiger partial charge is 0.481 e. The molecule has 1 amide bonds. The molecule has 5 nitrogen and oxygen atoms in total. The van der Waals surface area contributed by atoms with Crippen LogP contribution in [0.1, 0.15) is 31.7 Å². The van der Waals surface area contributed by atoms with Gasteiger partial charge in [-0.3, -0.25) is 9.59 Å². The summed E-state index contributed by atoms with van der Waals surface area (Å²) in [6.45, 7) is 3.55. The normalized spacial score (nSPS) is 25.9. The maximum Gasteiger partial charge on any atom is 0.314 e. The van der Waals surface area contributed by atoms with E-state index in [-0.39, 0.29) is 17.9 Å². The van der Waals surface area contributed by atoms with E-state index < -0.39 is 11.4 Å². The van der Waals surface area contributed by atoms with Crippen molar-refractivity contribution in [2.75, 3.05) is 19.7 Å². The van der Waals surface area contributed by atoms with Crippen LogP contribution in [-0.2, 0) is 19.7 Å². The summed E-state index contributed by atoms with van der Waals surface area (Å²) < 4.78 is 5.48. The number of piperidine rings is 1. The monoisotopic (exact) mass is 317 g/mol. The average molecular weight is 317 g/mol. The molecule has 1 N–H and O–H groups in total. The molecule has 2 fully saturated rings. The van der Waals surface area contributed by atoms with Gasteiger partial charge in [-0.2, -0.15) is 0 Å². The van der Waals surface area contributed by atoms with Crippen LogP contribution in [0.4, 0.5) is 0 Å². The second-order valence-corrected chi connectivity index (χ2v) is 6.41. The molecule has 124 valence electrons. The molecule has 0 unspecified atom stereocenters. The average Bonchev–Trinajstić information content (AvgIpc) is 3.34. The van der Waals surface area contributed by atoms with Crippen LogP contribution in [-0.4, -0.2) is 47.7 Å². The standard InChI is InChI=1S/C18H23NO4/c1-2-23-15-12-14(15)16(20)19-10-8-18(9-11-19,17(21)22)13-6-4-3-5-7-13/h3-7,14-15H,2,8-12H2,1H3,(H,21,22)/t14-,15-/m0/s1. The number of likely N-dealkylation sites (tertiary alicyclic amines) is 1. The number of hydrogen-bond donors (Lipinski definition) is 1. The van der Waals surface area contributed by atoms with Crippen molar-refractivity contribution in [1.29, 1.82) is 0 Å². The molecule has 1 aliphatic carbocycles. The number of hydrogen-bond acceptors (Lipinski definition) is 3. The first kappa shape index (κ1) is 16.0. The molecule has 0 radical (unpaired) electrons. The summed E-state index contributed by atoms with van der Waals surface area (Å²) in [5.41, 5.74) is -0.0424. The Morgan fingerprint density at radius 2 is 1.91 bits per heavy atom. The summed E-state index contributed by atoms with van der Waals surface area (Å²) in [4.78, 5) is 26.2. The van der Waals surface area contributed by atoms with E-state index in [9.17, 15) is 14.7 Å². The van der Waals surface area contributed by atoms with E-state index in [0.717, 1.165) is 12.0 Å². The number of carboxylic acid groups (broad SMARTS) is 1. The highest BCUT2D eigenvalue weighted by molar-refractivity contribution is 5.84. The Labute approximate surface area is 136 Å². The van der Waals surface area contributed by atoms with E-state index in [1.807, 2.05) is 42.2 Å². The smallest absolute Gasteiger partial charge is 0.314 e. The SMILES string of the molecule is CCO[C@H]1C[C@@H]1C(=O)N1CCC(C(=O)O)(c2ccccc2)CC1. The Morgan fingerprint density at radius 1 is 1.26 bits per heavy atom. The maximum absolute atomic E-state index is 12.5. The quantitative estimate of drug-likeness (QED) is 0.902. The van der Waals surface area contributed by atoms with Gasteiger partial charge in [-0.05, 0) is 31.7 Å². The fourth-order valence-electron chi connectivity index (χ4n) is 3.56. The van der Waals surface area contributed by atoms with Gasteiger partial charge in [0.25, 0.3) is 0 Å². The molecule has 2 atom stereocenters. The summed E-state index contributed by atoms with van der Waals surface area (Å²) in [7, 11) is 0. The summed E-state index contributed by atoms with van der Waals surface area (Å²) >= 11 is 0. The van der Waals surface area contributed by atoms with E-state index in [4.69, 9.17) is 4.74 Å². The Hall–Kier alpha value is -1.88. The van der Waals surface area contributed by atoms with Gasteiger partial charge in [0.15, 0.2) is 0 Å². The number of benzene rings is 1. The summed E-state index contributed by atoms with van der Waals surface area (Å²) in [6, 6.07) is 9.37. The number of carbonyl (C=O) groups is 2. The van der Waals surface area contributed by atoms with Crippen LogP contribution in [0, 0.1) is 5.92 Å². The molecule has 2 aliphatic rings. The lowest BCUT2D eigenvalue weighted by atomic mass is 9.73. The first-order valence-corrected chi connectivity index (χ1v) is 8.28. The highest BCUT2D eigenvalue weighted by Gasteiger charge is 2.49. The minimum atomic E-state index is -0.874. The fourth-order valence-corrected chi connectivity index (χ4v) is 3.56. The van der Waals surface area contributed by atoms with Crippen molar-refractivity contribution in [3.8, 4) is 0 Å². The molecule has 1 heterocycles. The Balaban J connectivity index is 1.67. The predicted octanol–water partition coefficient (Wildman–Crippen LogP) is 2.06. The molecule has 1 saturated carbocycles. The molecular formula is C18H23NO4. The summed E-state index contributed by atoms with van der Waals surface area (Å²) in [6.07, 6.45) is 1.79. The number of nitrogens with zero attached hydrogens (tertiary/aromatic N) is 1. The number of carbonyl (C=O) groups excluding carboxylic acids is 1. The van der Waals surface area contributed by atoms with Crippen molar-refractivity contribution in [2.24, 2.45) is 5.92 Å². The van der Waals surface area contributed by atoms with Crippen molar-refractivity contribution < 1.29 is 19.4 Å². The molecule has 23 heavy (non-hydrogen) atoms. The minimum absolute atomic E-state index is 0.0241. The van der Waals surface area contributed by atoms with Crippen LogP contribution in [0.3, 0.4) is 0 Å². The van der Waals surface area contributed by atoms with Crippen molar-refractivity contribution >= 4 is 11.9 Å². The summed E-state index contributed by atoms with van der Waals surface area (Å²) in [5, 5.41) is 9.78. The van der Waals surface area contributed by atoms with E-state index in [1.165, 1.54) is 0 Å². The molecule has 3 rings (SSSR count). The van der Waals surface area contributed by atoms with Gasteiger partial charge in [-0.1, -0.05) is 30.3 Å². The lowest BCUT2D eigenvalue weighted by Crippen LogP contribution is -2.49. The zero-order chi connectivity index (χ0) is 16.4. The molecule has 0 spiro atoms. The second kappa shape index (κ2) is 6.32. The fraction of sp³-hybridized carbons (Fsp3) is 0.556. The number of amides is 1. The van der Waals surface area contributed by atoms with Crippen LogP contribution in [0.25, 0.3) is 0 Å². The van der Waals surface area contributed by atoms with E-state index >= 15 is 0 Å². The number of rotatable bonds is 5. The first-order chi connectivity index (χ1) is 11.1. The number of ether oxygens (including phenoxy) is 1. The molecular weight excluding hydrogens is 294 g/mol. The third-order valence-corrected chi connectivity index (χ3v) is 5.09. The molecule has 1 aromatic rings. The molecule has 0 bridgehead atoms. The highest BCUT2D eigenvalue weighted by atomic mass is 16.5. The van der Waals surface area contributed by atoms with Gasteiger partial charge in [0, 0.05) is 19.7 Å². The molecule has 5 heteroatoms. The van der Waals surface area contributed by atoms with Gasteiger partial charge in [0.05, 0.1) is 17.4 Å². The van der Waals surface area contributed by atoms with E-state index in [0.29, 0.717) is 32.5 Å². The summed E-state index contributed by atoms with van der Waals surface area (Å²) in [5.74, 6) is -0.700. The van der Waals surface area contributed by atoms with Gasteiger partial charge in [-0.25, -0.2) is 0 Å². The topological polar surface area (TPSA) is 66.8 Å². The molecule has 1 saturated heterocycles. The maximum atomic E-state index is 12.5. The molecule has 1 aromatic carbocycles. The van der Waals surface area contributed by atoms with Crippen molar-refractivity contribution in [1.82, 2.24) is 4.90 Å². The Kier molecular flexibility index (Phi) is 4.39. The van der Waals surface area contributed by atoms with E-state index in [1.54, 1.807) is 0 Å². The number of aliphatic carboxylic acids is 1. The highest BCUT2D eigenvalue weighted by Crippen LogP contribution is 2.39. The Bertz CT molecular complexity index is 578. The van der Waals surface area contributed by atoms with Crippen LogP contribution in [0.5, 0.6) is 0 Å². The zero-order valence-corrected chi connectivity index (χ0v) is 13.4. The van der Waals surface area contributed by atoms with Gasteiger partial charge >= 0.3 is 5.97 Å².